The SMILES string of the molecule is C=C1C(=O)O[C@H]2/C=C(/C)C(=O)[C@@H]3O[C@@H]3[C@](C)(O)C[C@@H](OC(=O)C(C)C)[C@@H]12. The molecule has 7 nitrogen and oxygen atoms in total. The van der Waals surface area contributed by atoms with Crippen molar-refractivity contribution in [2.75, 3.05) is 0 Å². The predicted molar refractivity (Wildman–Crippen MR) is 89.9 cm³/mol. The second kappa shape index (κ2) is 6.32. The summed E-state index contributed by atoms with van der Waals surface area (Å²) in [6.07, 6.45) is -1.47. The van der Waals surface area contributed by atoms with Gasteiger partial charge in [0.05, 0.1) is 17.4 Å². The highest BCUT2D eigenvalue weighted by Gasteiger charge is 2.58. The van der Waals surface area contributed by atoms with E-state index in [1.54, 1.807) is 26.8 Å². The molecule has 0 aromatic heterocycles. The Hall–Kier alpha value is -1.99. The van der Waals surface area contributed by atoms with Crippen LogP contribution in [0.4, 0.5) is 0 Å². The van der Waals surface area contributed by atoms with Crippen molar-refractivity contribution in [1.29, 1.82) is 0 Å². The summed E-state index contributed by atoms with van der Waals surface area (Å²) in [6.45, 7) is 10.3. The van der Waals surface area contributed by atoms with Crippen LogP contribution in [0, 0.1) is 11.8 Å². The van der Waals surface area contributed by atoms with E-state index in [4.69, 9.17) is 14.2 Å². The molecule has 0 aromatic rings. The molecular weight excluding hydrogens is 340 g/mol. The molecule has 3 aliphatic rings. The lowest BCUT2D eigenvalue weighted by atomic mass is 9.80. The summed E-state index contributed by atoms with van der Waals surface area (Å²) in [6, 6.07) is 0. The van der Waals surface area contributed by atoms with Gasteiger partial charge >= 0.3 is 11.9 Å². The zero-order valence-corrected chi connectivity index (χ0v) is 15.4. The van der Waals surface area contributed by atoms with Crippen LogP contribution in [0.25, 0.3) is 0 Å². The molecule has 0 radical (unpaired) electrons. The van der Waals surface area contributed by atoms with E-state index in [2.05, 4.69) is 6.58 Å². The minimum Gasteiger partial charge on any atom is -0.461 e. The second-order valence-corrected chi connectivity index (χ2v) is 7.80. The molecule has 0 amide bonds. The fourth-order valence-electron chi connectivity index (χ4n) is 3.57. The number of carbonyl (C=O) groups excluding carboxylic acids is 3. The lowest BCUT2D eigenvalue weighted by Gasteiger charge is -2.32. The van der Waals surface area contributed by atoms with E-state index in [1.165, 1.54) is 6.92 Å². The third-order valence-electron chi connectivity index (χ3n) is 5.18. The summed E-state index contributed by atoms with van der Waals surface area (Å²) in [5.74, 6) is -2.33. The first-order valence-electron chi connectivity index (χ1n) is 8.73. The van der Waals surface area contributed by atoms with Crippen LogP contribution in [0.5, 0.6) is 0 Å². The second-order valence-electron chi connectivity index (χ2n) is 7.80. The molecule has 0 bridgehead atoms. The van der Waals surface area contributed by atoms with E-state index in [1.807, 2.05) is 0 Å². The fraction of sp³-hybridized carbons (Fsp3) is 0.632. The van der Waals surface area contributed by atoms with Crippen molar-refractivity contribution in [3.05, 3.63) is 23.8 Å². The van der Waals surface area contributed by atoms with E-state index in [0.717, 1.165) is 0 Å². The standard InChI is InChI=1S/C19H24O7/c1-8(2)17(21)25-12-7-19(5,23)16-15(26-16)14(20)9(3)6-11-13(12)10(4)18(22)24-11/h6,8,11-13,15-16,23H,4,7H2,1-3,5H3/b9-6-/t11-,12+,13-,15-,16-,19+/m0/s1. The molecule has 0 aromatic carbocycles. The normalized spacial score (nSPS) is 41.7. The molecule has 1 aliphatic carbocycles. The third kappa shape index (κ3) is 3.21. The fourth-order valence-corrected chi connectivity index (χ4v) is 3.57. The molecule has 7 heteroatoms. The number of esters is 2. The molecule has 3 rings (SSSR count). The molecule has 2 fully saturated rings. The molecule has 2 aliphatic heterocycles. The van der Waals surface area contributed by atoms with E-state index >= 15 is 0 Å². The number of ether oxygens (including phenoxy) is 3. The van der Waals surface area contributed by atoms with Gasteiger partial charge in [-0.2, -0.15) is 0 Å². The van der Waals surface area contributed by atoms with Crippen molar-refractivity contribution >= 4 is 17.7 Å². The van der Waals surface area contributed by atoms with E-state index in [9.17, 15) is 19.5 Å². The number of hydrogen-bond acceptors (Lipinski definition) is 7. The van der Waals surface area contributed by atoms with Crippen LogP contribution in [-0.2, 0) is 28.6 Å². The first kappa shape index (κ1) is 18.8. The Balaban J connectivity index is 2.02. The van der Waals surface area contributed by atoms with E-state index < -0.39 is 47.9 Å². The van der Waals surface area contributed by atoms with Gasteiger partial charge in [0, 0.05) is 12.0 Å². The van der Waals surface area contributed by atoms with Crippen molar-refractivity contribution < 1.29 is 33.7 Å². The Morgan fingerprint density at radius 2 is 2.08 bits per heavy atom. The highest BCUT2D eigenvalue weighted by Crippen LogP contribution is 2.43. The molecule has 2 saturated heterocycles. The molecule has 0 saturated carbocycles. The third-order valence-corrected chi connectivity index (χ3v) is 5.18. The maximum atomic E-state index is 12.4. The highest BCUT2D eigenvalue weighted by atomic mass is 16.6. The first-order chi connectivity index (χ1) is 12.0. The summed E-state index contributed by atoms with van der Waals surface area (Å²) < 4.78 is 16.4. The van der Waals surface area contributed by atoms with Crippen LogP contribution in [0.2, 0.25) is 0 Å². The van der Waals surface area contributed by atoms with Crippen molar-refractivity contribution in [3.8, 4) is 0 Å². The topological polar surface area (TPSA) is 102 Å². The summed E-state index contributed by atoms with van der Waals surface area (Å²) in [7, 11) is 0. The minimum atomic E-state index is -1.41. The number of aliphatic hydroxyl groups is 1. The zero-order valence-electron chi connectivity index (χ0n) is 15.4. The predicted octanol–water partition coefficient (Wildman–Crippen LogP) is 1.09. The number of Topliss-reactive ketones (excluding diaryl/α,β-unsaturated/α-hetero) is 1. The Kier molecular flexibility index (Phi) is 4.56. The van der Waals surface area contributed by atoms with Gasteiger partial charge < -0.3 is 19.3 Å². The first-order valence-corrected chi connectivity index (χ1v) is 8.73. The monoisotopic (exact) mass is 364 g/mol. The molecule has 0 spiro atoms. The van der Waals surface area contributed by atoms with Crippen molar-refractivity contribution in [1.82, 2.24) is 0 Å². The van der Waals surface area contributed by atoms with Gasteiger partial charge in [0.1, 0.15) is 24.4 Å². The van der Waals surface area contributed by atoms with Gasteiger partial charge in [0.15, 0.2) is 5.78 Å². The molecule has 26 heavy (non-hydrogen) atoms. The zero-order chi connectivity index (χ0) is 19.4. The number of hydrogen-bond donors (Lipinski definition) is 1. The smallest absolute Gasteiger partial charge is 0.334 e. The van der Waals surface area contributed by atoms with Crippen molar-refractivity contribution in [3.63, 3.8) is 0 Å². The summed E-state index contributed by atoms with van der Waals surface area (Å²) in [5.41, 5.74) is -0.865. The number of ketones is 1. The molecule has 2 heterocycles. The summed E-state index contributed by atoms with van der Waals surface area (Å²) in [5, 5.41) is 10.9. The Labute approximate surface area is 152 Å². The average molecular weight is 364 g/mol. The van der Waals surface area contributed by atoms with Gasteiger partial charge in [-0.1, -0.05) is 20.4 Å². The van der Waals surface area contributed by atoms with Gasteiger partial charge in [0.2, 0.25) is 0 Å². The van der Waals surface area contributed by atoms with Crippen LogP contribution in [-0.4, -0.2) is 52.8 Å². The maximum Gasteiger partial charge on any atom is 0.334 e. The van der Waals surface area contributed by atoms with Gasteiger partial charge in [-0.15, -0.1) is 0 Å². The van der Waals surface area contributed by atoms with Crippen LogP contribution in [0.3, 0.4) is 0 Å². The van der Waals surface area contributed by atoms with Crippen molar-refractivity contribution in [2.45, 2.75) is 64.1 Å². The molecule has 142 valence electrons. The van der Waals surface area contributed by atoms with Crippen LogP contribution >= 0.6 is 0 Å². The van der Waals surface area contributed by atoms with Crippen LogP contribution in [0.15, 0.2) is 23.8 Å². The molecular formula is C19H24O7. The number of epoxide rings is 1. The van der Waals surface area contributed by atoms with Crippen molar-refractivity contribution in [2.24, 2.45) is 11.8 Å². The van der Waals surface area contributed by atoms with Gasteiger partial charge in [0.25, 0.3) is 0 Å². The number of rotatable bonds is 2. The summed E-state index contributed by atoms with van der Waals surface area (Å²) >= 11 is 0. The lowest BCUT2D eigenvalue weighted by molar-refractivity contribution is -0.160. The average Bonchev–Trinajstić information content (AvgIpc) is 3.29. The van der Waals surface area contributed by atoms with E-state index in [-0.39, 0.29) is 23.7 Å². The maximum absolute atomic E-state index is 12.4. The van der Waals surface area contributed by atoms with Gasteiger partial charge in [-0.25, -0.2) is 4.79 Å². The largest absolute Gasteiger partial charge is 0.461 e. The Bertz CT molecular complexity index is 703. The molecule has 0 unspecified atom stereocenters. The van der Waals surface area contributed by atoms with Gasteiger partial charge in [-0.05, 0) is 25.5 Å². The molecule has 6 atom stereocenters. The van der Waals surface area contributed by atoms with Crippen LogP contribution < -0.4 is 0 Å². The minimum absolute atomic E-state index is 0.00359. The highest BCUT2D eigenvalue weighted by molar-refractivity contribution is 6.01. The summed E-state index contributed by atoms with van der Waals surface area (Å²) in [4.78, 5) is 36.7. The number of carbonyl (C=O) groups is 3. The Morgan fingerprint density at radius 3 is 2.69 bits per heavy atom. The number of fused-ring (bicyclic) bond motifs is 2. The lowest BCUT2D eigenvalue weighted by Crippen LogP contribution is -2.44. The molecule has 1 N–H and O–H groups in total. The quantitative estimate of drug-likeness (QED) is 0.444. The van der Waals surface area contributed by atoms with Gasteiger partial charge in [-0.3, -0.25) is 9.59 Å². The Morgan fingerprint density at radius 1 is 1.42 bits per heavy atom. The van der Waals surface area contributed by atoms with Crippen LogP contribution in [0.1, 0.15) is 34.1 Å². The van der Waals surface area contributed by atoms with E-state index in [0.29, 0.717) is 5.57 Å².